The summed E-state index contributed by atoms with van der Waals surface area (Å²) in [4.78, 5) is 0. The lowest BCUT2D eigenvalue weighted by Gasteiger charge is -2.04. The van der Waals surface area contributed by atoms with Crippen LogP contribution in [0.5, 0.6) is 5.75 Å². The maximum atomic E-state index is 6.50. The van der Waals surface area contributed by atoms with E-state index in [1.54, 1.807) is 7.11 Å². The molecule has 0 aliphatic heterocycles. The van der Waals surface area contributed by atoms with Crippen LogP contribution in [-0.4, -0.2) is 16.9 Å². The van der Waals surface area contributed by atoms with E-state index in [1.165, 1.54) is 5.56 Å². The van der Waals surface area contributed by atoms with E-state index in [4.69, 9.17) is 21.4 Å². The molecular weight excluding hydrogens is 332 g/mol. The van der Waals surface area contributed by atoms with E-state index < -0.39 is 0 Å². The molecule has 0 fully saturated rings. The van der Waals surface area contributed by atoms with Gasteiger partial charge in [-0.3, -0.25) is 4.68 Å². The Morgan fingerprint density at radius 1 is 0.920 bits per heavy atom. The van der Waals surface area contributed by atoms with Crippen LogP contribution in [0.25, 0.3) is 22.2 Å². The smallest absolute Gasteiger partial charge is 0.118 e. The van der Waals surface area contributed by atoms with E-state index in [1.807, 2.05) is 59.3 Å². The Bertz CT molecular complexity index is 1010. The van der Waals surface area contributed by atoms with Gasteiger partial charge in [0.1, 0.15) is 11.4 Å². The molecule has 0 bridgehead atoms. The standard InChI is InChI=1S/C21H17ClN2O/c1-25-17-12-10-16(11-13-17)20-18-8-5-9-19(22)21(18)24(23-20)14-15-6-3-2-4-7-15/h2-13H,14H2,1H3. The minimum atomic E-state index is 0.678. The first kappa shape index (κ1) is 15.7. The number of hydrogen-bond donors (Lipinski definition) is 0. The van der Waals surface area contributed by atoms with Crippen LogP contribution >= 0.6 is 11.6 Å². The van der Waals surface area contributed by atoms with E-state index in [0.717, 1.165) is 27.9 Å². The SMILES string of the molecule is COc1ccc(-c2nn(Cc3ccccc3)c3c(Cl)cccc23)cc1. The third kappa shape index (κ3) is 2.99. The van der Waals surface area contributed by atoms with Crippen molar-refractivity contribution < 1.29 is 4.74 Å². The van der Waals surface area contributed by atoms with Crippen molar-refractivity contribution in [2.24, 2.45) is 0 Å². The largest absolute Gasteiger partial charge is 0.497 e. The van der Waals surface area contributed by atoms with Gasteiger partial charge in [-0.05, 0) is 35.9 Å². The van der Waals surface area contributed by atoms with Gasteiger partial charge in [0.2, 0.25) is 0 Å². The quantitative estimate of drug-likeness (QED) is 0.492. The number of para-hydroxylation sites is 1. The van der Waals surface area contributed by atoms with Crippen molar-refractivity contribution in [2.45, 2.75) is 6.54 Å². The first-order valence-electron chi connectivity index (χ1n) is 8.09. The first-order chi connectivity index (χ1) is 12.3. The molecule has 0 amide bonds. The molecule has 0 aliphatic carbocycles. The molecule has 0 spiro atoms. The van der Waals surface area contributed by atoms with Crippen LogP contribution < -0.4 is 4.74 Å². The predicted octanol–water partition coefficient (Wildman–Crippen LogP) is 5.41. The number of methoxy groups -OCH3 is 1. The van der Waals surface area contributed by atoms with Gasteiger partial charge in [0.25, 0.3) is 0 Å². The summed E-state index contributed by atoms with van der Waals surface area (Å²) in [7, 11) is 1.67. The van der Waals surface area contributed by atoms with Crippen molar-refractivity contribution >= 4 is 22.5 Å². The van der Waals surface area contributed by atoms with Gasteiger partial charge in [-0.2, -0.15) is 5.10 Å². The van der Waals surface area contributed by atoms with Crippen molar-refractivity contribution in [3.05, 3.63) is 83.4 Å². The van der Waals surface area contributed by atoms with Gasteiger partial charge in [-0.15, -0.1) is 0 Å². The molecule has 0 aliphatic rings. The lowest BCUT2D eigenvalue weighted by atomic mass is 10.1. The number of rotatable bonds is 4. The zero-order valence-electron chi connectivity index (χ0n) is 13.8. The molecule has 0 atom stereocenters. The molecule has 3 nitrogen and oxygen atoms in total. The van der Waals surface area contributed by atoms with Crippen LogP contribution in [0.3, 0.4) is 0 Å². The van der Waals surface area contributed by atoms with Crippen molar-refractivity contribution in [2.75, 3.05) is 7.11 Å². The fourth-order valence-electron chi connectivity index (χ4n) is 3.03. The third-order valence-electron chi connectivity index (χ3n) is 4.26. The van der Waals surface area contributed by atoms with Gasteiger partial charge in [-0.25, -0.2) is 0 Å². The molecule has 0 unspecified atom stereocenters. The second kappa shape index (κ2) is 6.61. The molecule has 124 valence electrons. The molecule has 4 aromatic rings. The van der Waals surface area contributed by atoms with Crippen molar-refractivity contribution in [3.63, 3.8) is 0 Å². The molecular formula is C21H17ClN2O. The summed E-state index contributed by atoms with van der Waals surface area (Å²) in [5.74, 6) is 0.829. The monoisotopic (exact) mass is 348 g/mol. The van der Waals surface area contributed by atoms with Crippen molar-refractivity contribution in [1.29, 1.82) is 0 Å². The highest BCUT2D eigenvalue weighted by Gasteiger charge is 2.15. The van der Waals surface area contributed by atoms with Gasteiger partial charge in [0.15, 0.2) is 0 Å². The van der Waals surface area contributed by atoms with Gasteiger partial charge in [0, 0.05) is 10.9 Å². The number of fused-ring (bicyclic) bond motifs is 1. The topological polar surface area (TPSA) is 27.1 Å². The molecule has 3 aromatic carbocycles. The Hall–Kier alpha value is -2.78. The van der Waals surface area contributed by atoms with Crippen LogP contribution in [0.4, 0.5) is 0 Å². The molecule has 1 aromatic heterocycles. The summed E-state index contributed by atoms with van der Waals surface area (Å²) in [6, 6.07) is 24.1. The fourth-order valence-corrected chi connectivity index (χ4v) is 3.30. The van der Waals surface area contributed by atoms with Gasteiger partial charge in [-0.1, -0.05) is 54.1 Å². The van der Waals surface area contributed by atoms with Crippen molar-refractivity contribution in [3.8, 4) is 17.0 Å². The Kier molecular flexibility index (Phi) is 4.16. The molecule has 4 heteroatoms. The number of aromatic nitrogens is 2. The van der Waals surface area contributed by atoms with Crippen LogP contribution in [0, 0.1) is 0 Å². The van der Waals surface area contributed by atoms with E-state index in [9.17, 15) is 0 Å². The number of hydrogen-bond acceptors (Lipinski definition) is 2. The molecule has 0 saturated carbocycles. The van der Waals surface area contributed by atoms with E-state index >= 15 is 0 Å². The average Bonchev–Trinajstić information content (AvgIpc) is 3.02. The van der Waals surface area contributed by atoms with Gasteiger partial charge in [0.05, 0.1) is 24.2 Å². The maximum absolute atomic E-state index is 6.50. The maximum Gasteiger partial charge on any atom is 0.118 e. The van der Waals surface area contributed by atoms with Gasteiger partial charge < -0.3 is 4.74 Å². The summed E-state index contributed by atoms with van der Waals surface area (Å²) in [5, 5.41) is 6.62. The van der Waals surface area contributed by atoms with E-state index in [2.05, 4.69) is 18.2 Å². The van der Waals surface area contributed by atoms with E-state index in [-0.39, 0.29) is 0 Å². The van der Waals surface area contributed by atoms with Crippen LogP contribution in [-0.2, 0) is 6.54 Å². The summed E-state index contributed by atoms with van der Waals surface area (Å²) in [6.45, 7) is 0.678. The zero-order valence-corrected chi connectivity index (χ0v) is 14.6. The Balaban J connectivity index is 1.86. The second-order valence-corrected chi connectivity index (χ2v) is 6.26. The van der Waals surface area contributed by atoms with Crippen LogP contribution in [0.15, 0.2) is 72.8 Å². The third-order valence-corrected chi connectivity index (χ3v) is 4.56. The minimum Gasteiger partial charge on any atom is -0.497 e. The molecule has 4 rings (SSSR count). The Morgan fingerprint density at radius 2 is 1.68 bits per heavy atom. The Morgan fingerprint density at radius 3 is 2.40 bits per heavy atom. The first-order valence-corrected chi connectivity index (χ1v) is 8.47. The highest BCUT2D eigenvalue weighted by atomic mass is 35.5. The average molecular weight is 349 g/mol. The van der Waals surface area contributed by atoms with Crippen LogP contribution in [0.2, 0.25) is 5.02 Å². The summed E-state index contributed by atoms with van der Waals surface area (Å²) < 4.78 is 7.23. The number of halogens is 1. The second-order valence-electron chi connectivity index (χ2n) is 5.86. The van der Waals surface area contributed by atoms with E-state index in [0.29, 0.717) is 11.6 Å². The highest BCUT2D eigenvalue weighted by Crippen LogP contribution is 2.33. The number of nitrogens with zero attached hydrogens (tertiary/aromatic N) is 2. The summed E-state index contributed by atoms with van der Waals surface area (Å²) in [6.07, 6.45) is 0. The van der Waals surface area contributed by atoms with Crippen LogP contribution in [0.1, 0.15) is 5.56 Å². The highest BCUT2D eigenvalue weighted by molar-refractivity contribution is 6.35. The minimum absolute atomic E-state index is 0.678. The predicted molar refractivity (Wildman–Crippen MR) is 102 cm³/mol. The molecule has 0 radical (unpaired) electrons. The number of ether oxygens (including phenoxy) is 1. The zero-order chi connectivity index (χ0) is 17.2. The molecule has 0 saturated heterocycles. The Labute approximate surface area is 151 Å². The lowest BCUT2D eigenvalue weighted by molar-refractivity contribution is 0.415. The fraction of sp³-hybridized carbons (Fsp3) is 0.0952. The summed E-state index contributed by atoms with van der Waals surface area (Å²) in [5.41, 5.74) is 4.11. The number of benzene rings is 3. The summed E-state index contributed by atoms with van der Waals surface area (Å²) >= 11 is 6.50. The normalized spacial score (nSPS) is 11.0. The molecule has 25 heavy (non-hydrogen) atoms. The lowest BCUT2D eigenvalue weighted by Crippen LogP contribution is -2.01. The molecule has 0 N–H and O–H groups in total. The van der Waals surface area contributed by atoms with Crippen molar-refractivity contribution in [1.82, 2.24) is 9.78 Å². The van der Waals surface area contributed by atoms with Gasteiger partial charge >= 0.3 is 0 Å². The molecule has 1 heterocycles.